The van der Waals surface area contributed by atoms with Crippen LogP contribution in [0, 0.1) is 5.92 Å². The first-order chi connectivity index (χ1) is 5.22. The van der Waals surface area contributed by atoms with Crippen LogP contribution in [0.4, 0.5) is 0 Å². The number of ketones is 1. The number of carbonyl (C=O) groups is 1. The van der Waals surface area contributed by atoms with Crippen LogP contribution in [0.1, 0.15) is 39.5 Å². The van der Waals surface area contributed by atoms with E-state index in [1.807, 2.05) is 0 Å². The van der Waals surface area contributed by atoms with Gasteiger partial charge in [0.05, 0.1) is 0 Å². The number of hydrogen-bond acceptors (Lipinski definition) is 1. The van der Waals surface area contributed by atoms with Gasteiger partial charge in [0.15, 0.2) is 5.78 Å². The molecule has 0 saturated heterocycles. The second-order valence-corrected chi connectivity index (χ2v) is 3.52. The van der Waals surface area contributed by atoms with Crippen molar-refractivity contribution < 1.29 is 4.79 Å². The van der Waals surface area contributed by atoms with E-state index in [1.165, 1.54) is 18.4 Å². The van der Waals surface area contributed by atoms with Crippen molar-refractivity contribution in [1.29, 1.82) is 0 Å². The molecule has 0 N–H and O–H groups in total. The van der Waals surface area contributed by atoms with E-state index in [0.29, 0.717) is 11.7 Å². The summed E-state index contributed by atoms with van der Waals surface area (Å²) in [6.07, 6.45) is 6.12. The van der Waals surface area contributed by atoms with Gasteiger partial charge in [-0.05, 0) is 31.8 Å². The van der Waals surface area contributed by atoms with Crippen molar-refractivity contribution in [1.82, 2.24) is 0 Å². The van der Waals surface area contributed by atoms with Crippen molar-refractivity contribution in [3.63, 3.8) is 0 Å². The van der Waals surface area contributed by atoms with E-state index in [2.05, 4.69) is 13.8 Å². The Bertz CT molecular complexity index is 179. The molecule has 1 atom stereocenters. The average molecular weight is 152 g/mol. The summed E-state index contributed by atoms with van der Waals surface area (Å²) in [6.45, 7) is 4.23. The van der Waals surface area contributed by atoms with Gasteiger partial charge in [0, 0.05) is 6.42 Å². The molecular weight excluding hydrogens is 136 g/mol. The van der Waals surface area contributed by atoms with Gasteiger partial charge in [0.2, 0.25) is 0 Å². The summed E-state index contributed by atoms with van der Waals surface area (Å²) in [4.78, 5) is 11.1. The summed E-state index contributed by atoms with van der Waals surface area (Å²) in [7, 11) is 0. The maximum absolute atomic E-state index is 11.1. The van der Waals surface area contributed by atoms with Crippen molar-refractivity contribution in [2.45, 2.75) is 39.5 Å². The van der Waals surface area contributed by atoms with Crippen LogP contribution in [0.3, 0.4) is 0 Å². The largest absolute Gasteiger partial charge is 0.295 e. The maximum atomic E-state index is 11.1. The van der Waals surface area contributed by atoms with Crippen molar-refractivity contribution in [3.05, 3.63) is 11.6 Å². The summed E-state index contributed by atoms with van der Waals surface area (Å²) in [6, 6.07) is 0. The summed E-state index contributed by atoms with van der Waals surface area (Å²) in [5, 5.41) is 0. The van der Waals surface area contributed by atoms with Crippen molar-refractivity contribution >= 4 is 5.78 Å². The monoisotopic (exact) mass is 152 g/mol. The molecule has 0 aromatic heterocycles. The molecule has 1 heteroatoms. The average Bonchev–Trinajstić information content (AvgIpc) is 1.85. The Kier molecular flexibility index (Phi) is 2.86. The first kappa shape index (κ1) is 8.51. The van der Waals surface area contributed by atoms with E-state index in [9.17, 15) is 4.79 Å². The molecule has 1 rings (SSSR count). The SMILES string of the molecule is CCC[C@H]1CC(=O)C=C(C)C1. The molecule has 0 aromatic rings. The van der Waals surface area contributed by atoms with Crippen LogP contribution in [-0.2, 0) is 4.79 Å². The fraction of sp³-hybridized carbons (Fsp3) is 0.700. The molecule has 0 radical (unpaired) electrons. The molecule has 1 aliphatic carbocycles. The summed E-state index contributed by atoms with van der Waals surface area (Å²) >= 11 is 0. The molecule has 0 aromatic carbocycles. The maximum Gasteiger partial charge on any atom is 0.155 e. The number of rotatable bonds is 2. The van der Waals surface area contributed by atoms with Gasteiger partial charge in [-0.25, -0.2) is 0 Å². The zero-order valence-corrected chi connectivity index (χ0v) is 7.39. The van der Waals surface area contributed by atoms with Crippen molar-refractivity contribution in [2.24, 2.45) is 5.92 Å². The Hall–Kier alpha value is -0.590. The Morgan fingerprint density at radius 3 is 2.82 bits per heavy atom. The topological polar surface area (TPSA) is 17.1 Å². The van der Waals surface area contributed by atoms with Crippen LogP contribution in [-0.4, -0.2) is 5.78 Å². The Morgan fingerprint density at radius 1 is 1.55 bits per heavy atom. The second kappa shape index (κ2) is 3.70. The van der Waals surface area contributed by atoms with Gasteiger partial charge in [0.25, 0.3) is 0 Å². The van der Waals surface area contributed by atoms with E-state index < -0.39 is 0 Å². The molecule has 0 fully saturated rings. The van der Waals surface area contributed by atoms with E-state index in [4.69, 9.17) is 0 Å². The van der Waals surface area contributed by atoms with Crippen LogP contribution in [0.15, 0.2) is 11.6 Å². The molecular formula is C10H16O. The van der Waals surface area contributed by atoms with E-state index in [1.54, 1.807) is 6.08 Å². The smallest absolute Gasteiger partial charge is 0.155 e. The van der Waals surface area contributed by atoms with Crippen LogP contribution in [0.2, 0.25) is 0 Å². The Balaban J connectivity index is 2.50. The first-order valence-electron chi connectivity index (χ1n) is 4.42. The summed E-state index contributed by atoms with van der Waals surface area (Å²) < 4.78 is 0. The lowest BCUT2D eigenvalue weighted by Crippen LogP contribution is -2.12. The minimum atomic E-state index is 0.326. The fourth-order valence-corrected chi connectivity index (χ4v) is 1.82. The van der Waals surface area contributed by atoms with E-state index in [-0.39, 0.29) is 0 Å². The molecule has 0 bridgehead atoms. The third kappa shape index (κ3) is 2.49. The molecule has 0 heterocycles. The van der Waals surface area contributed by atoms with Crippen molar-refractivity contribution in [3.8, 4) is 0 Å². The van der Waals surface area contributed by atoms with E-state index >= 15 is 0 Å². The highest BCUT2D eigenvalue weighted by Gasteiger charge is 2.17. The highest BCUT2D eigenvalue weighted by molar-refractivity contribution is 5.91. The second-order valence-electron chi connectivity index (χ2n) is 3.52. The number of allylic oxidation sites excluding steroid dienone is 2. The van der Waals surface area contributed by atoms with Crippen LogP contribution in [0.5, 0.6) is 0 Å². The predicted octanol–water partition coefficient (Wildman–Crippen LogP) is 2.71. The molecule has 0 spiro atoms. The lowest BCUT2D eigenvalue weighted by molar-refractivity contribution is -0.116. The van der Waals surface area contributed by atoms with E-state index in [0.717, 1.165) is 12.8 Å². The van der Waals surface area contributed by atoms with Gasteiger partial charge in [-0.1, -0.05) is 18.9 Å². The number of carbonyl (C=O) groups excluding carboxylic acids is 1. The highest BCUT2D eigenvalue weighted by atomic mass is 16.1. The molecule has 0 amide bonds. The minimum absolute atomic E-state index is 0.326. The fourth-order valence-electron chi connectivity index (χ4n) is 1.82. The van der Waals surface area contributed by atoms with Gasteiger partial charge in [-0.3, -0.25) is 4.79 Å². The summed E-state index contributed by atoms with van der Waals surface area (Å²) in [5.41, 5.74) is 1.26. The van der Waals surface area contributed by atoms with Gasteiger partial charge in [0.1, 0.15) is 0 Å². The molecule has 1 nitrogen and oxygen atoms in total. The van der Waals surface area contributed by atoms with Crippen LogP contribution in [0.25, 0.3) is 0 Å². The van der Waals surface area contributed by atoms with Gasteiger partial charge < -0.3 is 0 Å². The predicted molar refractivity (Wildman–Crippen MR) is 46.4 cm³/mol. The quantitative estimate of drug-likeness (QED) is 0.594. The van der Waals surface area contributed by atoms with Crippen molar-refractivity contribution in [2.75, 3.05) is 0 Å². The molecule has 0 saturated carbocycles. The molecule has 62 valence electrons. The van der Waals surface area contributed by atoms with Gasteiger partial charge in [-0.2, -0.15) is 0 Å². The van der Waals surface area contributed by atoms with Crippen LogP contribution < -0.4 is 0 Å². The summed E-state index contributed by atoms with van der Waals surface area (Å²) in [5.74, 6) is 0.963. The zero-order valence-electron chi connectivity index (χ0n) is 7.39. The third-order valence-electron chi connectivity index (χ3n) is 2.20. The number of hydrogen-bond donors (Lipinski definition) is 0. The zero-order chi connectivity index (χ0) is 8.27. The highest BCUT2D eigenvalue weighted by Crippen LogP contribution is 2.25. The lowest BCUT2D eigenvalue weighted by atomic mass is 9.86. The Morgan fingerprint density at radius 2 is 2.27 bits per heavy atom. The minimum Gasteiger partial charge on any atom is -0.295 e. The third-order valence-corrected chi connectivity index (χ3v) is 2.20. The van der Waals surface area contributed by atoms with Crippen LogP contribution >= 0.6 is 0 Å². The Labute approximate surface area is 68.5 Å². The first-order valence-corrected chi connectivity index (χ1v) is 4.42. The lowest BCUT2D eigenvalue weighted by Gasteiger charge is -2.18. The molecule has 0 aliphatic heterocycles. The van der Waals surface area contributed by atoms with Gasteiger partial charge >= 0.3 is 0 Å². The molecule has 11 heavy (non-hydrogen) atoms. The molecule has 0 unspecified atom stereocenters. The molecule has 1 aliphatic rings. The normalized spacial score (nSPS) is 25.1. The standard InChI is InChI=1S/C10H16O/c1-3-4-9-5-8(2)6-10(11)7-9/h6,9H,3-5,7H2,1-2H3/t9-/m1/s1. The van der Waals surface area contributed by atoms with Gasteiger partial charge in [-0.15, -0.1) is 0 Å².